The highest BCUT2D eigenvalue weighted by Crippen LogP contribution is 2.32. The van der Waals surface area contributed by atoms with Gasteiger partial charge >= 0.3 is 6.61 Å². The fraction of sp³-hybridized carbons (Fsp3) is 0.267. The molecule has 0 N–H and O–H groups in total. The van der Waals surface area contributed by atoms with Crippen molar-refractivity contribution in [1.82, 2.24) is 0 Å². The Kier molecular flexibility index (Phi) is 8.06. The molecule has 4 aromatic rings. The monoisotopic (exact) mass is 480 g/mol. The van der Waals surface area contributed by atoms with Crippen molar-refractivity contribution in [3.63, 3.8) is 0 Å². The van der Waals surface area contributed by atoms with Crippen LogP contribution in [0.4, 0.5) is 17.6 Å². The first-order valence-corrected chi connectivity index (χ1v) is 12.0. The molecule has 0 spiro atoms. The number of fused-ring (bicyclic) bond motifs is 1. The molecule has 0 unspecified atom stereocenters. The number of aryl methyl sites for hydroxylation is 1. The molecule has 5 heteroatoms. The van der Waals surface area contributed by atoms with Gasteiger partial charge in [-0.3, -0.25) is 0 Å². The third-order valence-electron chi connectivity index (χ3n) is 6.26. The summed E-state index contributed by atoms with van der Waals surface area (Å²) in [6, 6.07) is 20.5. The van der Waals surface area contributed by atoms with Crippen LogP contribution in [0.2, 0.25) is 0 Å². The molecule has 4 rings (SSSR count). The van der Waals surface area contributed by atoms with Gasteiger partial charge in [-0.05, 0) is 52.6 Å². The lowest BCUT2D eigenvalue weighted by atomic mass is 9.96. The van der Waals surface area contributed by atoms with Gasteiger partial charge in [-0.15, -0.1) is 0 Å². The number of alkyl halides is 2. The Morgan fingerprint density at radius 3 is 2.14 bits per heavy atom. The Labute approximate surface area is 203 Å². The molecule has 182 valence electrons. The molecule has 0 saturated carbocycles. The lowest BCUT2D eigenvalue weighted by Gasteiger charge is -2.11. The Morgan fingerprint density at radius 2 is 1.43 bits per heavy atom. The number of halogens is 4. The van der Waals surface area contributed by atoms with Crippen molar-refractivity contribution in [2.24, 2.45) is 0 Å². The number of rotatable bonds is 10. The third kappa shape index (κ3) is 6.02. The number of benzene rings is 4. The van der Waals surface area contributed by atoms with E-state index in [4.69, 9.17) is 0 Å². The summed E-state index contributed by atoms with van der Waals surface area (Å²) in [5, 5.41) is 1.47. The molecule has 0 heterocycles. The predicted molar refractivity (Wildman–Crippen MR) is 134 cm³/mol. The maximum absolute atomic E-state index is 15.4. The molecule has 0 aromatic heterocycles. The van der Waals surface area contributed by atoms with Crippen LogP contribution in [0.25, 0.3) is 33.0 Å². The van der Waals surface area contributed by atoms with E-state index < -0.39 is 18.2 Å². The lowest BCUT2D eigenvalue weighted by molar-refractivity contribution is -0.0521. The first-order valence-electron chi connectivity index (χ1n) is 12.0. The van der Waals surface area contributed by atoms with Crippen LogP contribution in [0.1, 0.15) is 44.6 Å². The molecule has 0 aliphatic heterocycles. The van der Waals surface area contributed by atoms with Crippen molar-refractivity contribution >= 4 is 10.8 Å². The quantitative estimate of drug-likeness (QED) is 0.162. The van der Waals surface area contributed by atoms with E-state index in [1.807, 2.05) is 18.2 Å². The zero-order valence-electron chi connectivity index (χ0n) is 19.7. The van der Waals surface area contributed by atoms with Gasteiger partial charge in [0, 0.05) is 10.9 Å². The smallest absolute Gasteiger partial charge is 0.387 e. The van der Waals surface area contributed by atoms with Crippen LogP contribution in [0.5, 0.6) is 5.75 Å². The molecule has 0 aliphatic rings. The van der Waals surface area contributed by atoms with Gasteiger partial charge in [0.1, 0.15) is 5.82 Å². The summed E-state index contributed by atoms with van der Waals surface area (Å²) in [5.74, 6) is -1.64. The average molecular weight is 481 g/mol. The number of hydrogen-bond donors (Lipinski definition) is 0. The Balaban J connectivity index is 1.51. The first-order chi connectivity index (χ1) is 17.0. The summed E-state index contributed by atoms with van der Waals surface area (Å²) in [5.41, 5.74) is 3.61. The molecule has 0 atom stereocenters. The van der Waals surface area contributed by atoms with Crippen LogP contribution in [0, 0.1) is 11.6 Å². The highest BCUT2D eigenvalue weighted by atomic mass is 19.3. The standard InChI is InChI=1S/C30H28F4O/c1-2-3-4-5-6-7-20-8-15-26-24(18-20)13-16-25(29(26)32)22-11-9-21(10-12-22)23-14-17-28(27(31)19-23)35-30(33)34/h8-19,30H,2-7H2,1H3. The van der Waals surface area contributed by atoms with E-state index in [9.17, 15) is 13.2 Å². The van der Waals surface area contributed by atoms with Gasteiger partial charge in [-0.25, -0.2) is 8.78 Å². The lowest BCUT2D eigenvalue weighted by Crippen LogP contribution is -2.03. The molecule has 0 fully saturated rings. The largest absolute Gasteiger partial charge is 0.432 e. The summed E-state index contributed by atoms with van der Waals surface area (Å²) in [6.07, 6.45) is 7.12. The first kappa shape index (κ1) is 24.8. The van der Waals surface area contributed by atoms with E-state index in [0.717, 1.165) is 24.3 Å². The molecular weight excluding hydrogens is 452 g/mol. The van der Waals surface area contributed by atoms with Crippen molar-refractivity contribution in [1.29, 1.82) is 0 Å². The second-order valence-corrected chi connectivity index (χ2v) is 8.75. The van der Waals surface area contributed by atoms with E-state index in [-0.39, 0.29) is 5.82 Å². The van der Waals surface area contributed by atoms with Crippen LogP contribution in [0.3, 0.4) is 0 Å². The molecule has 0 aliphatic carbocycles. The molecule has 1 nitrogen and oxygen atoms in total. The summed E-state index contributed by atoms with van der Waals surface area (Å²) in [7, 11) is 0. The van der Waals surface area contributed by atoms with Crippen molar-refractivity contribution in [2.45, 2.75) is 52.1 Å². The van der Waals surface area contributed by atoms with Crippen LogP contribution >= 0.6 is 0 Å². The summed E-state index contributed by atoms with van der Waals surface area (Å²) < 4.78 is 58.3. The SMILES string of the molecule is CCCCCCCc1ccc2c(F)c(-c3ccc(-c4ccc(OC(F)F)c(F)c4)cc3)ccc2c1. The van der Waals surface area contributed by atoms with Crippen LogP contribution in [0.15, 0.2) is 72.8 Å². The highest BCUT2D eigenvalue weighted by Gasteiger charge is 2.13. The zero-order chi connectivity index (χ0) is 24.8. The van der Waals surface area contributed by atoms with Crippen LogP contribution < -0.4 is 4.74 Å². The van der Waals surface area contributed by atoms with Crippen molar-refractivity contribution < 1.29 is 22.3 Å². The molecule has 0 bridgehead atoms. The van der Waals surface area contributed by atoms with E-state index in [2.05, 4.69) is 17.7 Å². The van der Waals surface area contributed by atoms with Gasteiger partial charge in [0.15, 0.2) is 11.6 Å². The molecule has 35 heavy (non-hydrogen) atoms. The van der Waals surface area contributed by atoms with Crippen molar-refractivity contribution in [3.05, 3.63) is 90.0 Å². The van der Waals surface area contributed by atoms with Crippen molar-refractivity contribution in [3.8, 4) is 28.0 Å². The zero-order valence-corrected chi connectivity index (χ0v) is 19.7. The minimum Gasteiger partial charge on any atom is -0.432 e. The summed E-state index contributed by atoms with van der Waals surface area (Å²) in [6.45, 7) is -0.884. The number of ether oxygens (including phenoxy) is 1. The maximum atomic E-state index is 15.4. The molecule has 0 amide bonds. The Hall–Kier alpha value is -3.34. The normalized spacial score (nSPS) is 11.4. The number of unbranched alkanes of at least 4 members (excludes halogenated alkanes) is 4. The van der Waals surface area contributed by atoms with E-state index in [1.165, 1.54) is 43.4 Å². The molecular formula is C30H28F4O. The van der Waals surface area contributed by atoms with E-state index in [0.29, 0.717) is 27.6 Å². The Bertz CT molecular complexity index is 1280. The summed E-state index contributed by atoms with van der Waals surface area (Å²) >= 11 is 0. The van der Waals surface area contributed by atoms with Crippen LogP contribution in [-0.4, -0.2) is 6.61 Å². The fourth-order valence-electron chi connectivity index (χ4n) is 4.37. The second kappa shape index (κ2) is 11.4. The Morgan fingerprint density at radius 1 is 0.714 bits per heavy atom. The van der Waals surface area contributed by atoms with Gasteiger partial charge < -0.3 is 4.74 Å². The van der Waals surface area contributed by atoms with E-state index >= 15 is 4.39 Å². The predicted octanol–water partition coefficient (Wildman–Crippen LogP) is 9.57. The molecule has 0 radical (unpaired) electrons. The van der Waals surface area contributed by atoms with Gasteiger partial charge in [0.2, 0.25) is 0 Å². The topological polar surface area (TPSA) is 9.23 Å². The van der Waals surface area contributed by atoms with Gasteiger partial charge in [0.05, 0.1) is 0 Å². The van der Waals surface area contributed by atoms with Crippen molar-refractivity contribution in [2.75, 3.05) is 0 Å². The third-order valence-corrected chi connectivity index (χ3v) is 6.26. The molecule has 0 saturated heterocycles. The minimum atomic E-state index is -3.09. The van der Waals surface area contributed by atoms with E-state index in [1.54, 1.807) is 30.3 Å². The fourth-order valence-corrected chi connectivity index (χ4v) is 4.37. The average Bonchev–Trinajstić information content (AvgIpc) is 2.85. The van der Waals surface area contributed by atoms with Gasteiger partial charge in [-0.2, -0.15) is 8.78 Å². The summed E-state index contributed by atoms with van der Waals surface area (Å²) in [4.78, 5) is 0. The minimum absolute atomic E-state index is 0.274. The van der Waals surface area contributed by atoms with Gasteiger partial charge in [-0.1, -0.05) is 93.3 Å². The second-order valence-electron chi connectivity index (χ2n) is 8.75. The highest BCUT2D eigenvalue weighted by molar-refractivity contribution is 5.89. The maximum Gasteiger partial charge on any atom is 0.387 e. The molecule has 4 aromatic carbocycles. The van der Waals surface area contributed by atoms with Gasteiger partial charge in [0.25, 0.3) is 0 Å². The van der Waals surface area contributed by atoms with Crippen LogP contribution in [-0.2, 0) is 6.42 Å². The number of hydrogen-bond acceptors (Lipinski definition) is 1.